The summed E-state index contributed by atoms with van der Waals surface area (Å²) in [6.45, 7) is 3.74. The first kappa shape index (κ1) is 16.5. The van der Waals surface area contributed by atoms with Crippen LogP contribution in [-0.2, 0) is 16.6 Å². The third-order valence-corrected chi connectivity index (χ3v) is 4.83. The van der Waals surface area contributed by atoms with Crippen LogP contribution < -0.4 is 4.74 Å². The van der Waals surface area contributed by atoms with E-state index in [0.29, 0.717) is 17.9 Å². The van der Waals surface area contributed by atoms with Gasteiger partial charge in [-0.2, -0.15) is 0 Å². The molecule has 1 aliphatic heterocycles. The lowest BCUT2D eigenvalue weighted by Gasteiger charge is -2.32. The number of carboxylic acids is 1. The topological polar surface area (TPSA) is 66.8 Å². The zero-order valence-corrected chi connectivity index (χ0v) is 13.9. The lowest BCUT2D eigenvalue weighted by molar-refractivity contribution is -0.142. The number of hydrogen-bond donors (Lipinski definition) is 2. The number of rotatable bonds is 4. The van der Waals surface area contributed by atoms with Crippen LogP contribution in [0, 0.1) is 5.92 Å². The third-order valence-electron chi connectivity index (χ3n) is 4.83. The van der Waals surface area contributed by atoms with Gasteiger partial charge in [-0.05, 0) is 37.5 Å². The van der Waals surface area contributed by atoms with Gasteiger partial charge in [-0.15, -0.1) is 0 Å². The monoisotopic (exact) mass is 326 g/mol. The average Bonchev–Trinajstić information content (AvgIpc) is 2.58. The Morgan fingerprint density at radius 3 is 2.58 bits per heavy atom. The predicted molar refractivity (Wildman–Crippen MR) is 91.2 cm³/mol. The molecule has 0 saturated heterocycles. The fourth-order valence-corrected chi connectivity index (χ4v) is 3.05. The van der Waals surface area contributed by atoms with E-state index in [0.717, 1.165) is 17.5 Å². The molecule has 2 aromatic rings. The molecule has 0 aromatic heterocycles. The van der Waals surface area contributed by atoms with Crippen LogP contribution in [0.5, 0.6) is 5.75 Å². The molecule has 2 atom stereocenters. The van der Waals surface area contributed by atoms with Crippen LogP contribution in [0.15, 0.2) is 48.5 Å². The van der Waals surface area contributed by atoms with Crippen LogP contribution in [0.3, 0.4) is 0 Å². The lowest BCUT2D eigenvalue weighted by Crippen LogP contribution is -2.30. The quantitative estimate of drug-likeness (QED) is 0.904. The maximum absolute atomic E-state index is 11.4. The van der Waals surface area contributed by atoms with E-state index >= 15 is 0 Å². The smallest absolute Gasteiger partial charge is 0.313 e. The molecule has 24 heavy (non-hydrogen) atoms. The summed E-state index contributed by atoms with van der Waals surface area (Å²) in [6.07, 6.45) is 0.125. The number of aliphatic carboxylic acids is 1. The molecule has 0 radical (unpaired) electrons. The Morgan fingerprint density at radius 2 is 1.92 bits per heavy atom. The van der Waals surface area contributed by atoms with E-state index in [1.165, 1.54) is 0 Å². The Hall–Kier alpha value is -2.33. The molecule has 126 valence electrons. The second kappa shape index (κ2) is 6.29. The van der Waals surface area contributed by atoms with E-state index in [1.807, 2.05) is 30.3 Å². The summed E-state index contributed by atoms with van der Waals surface area (Å²) < 4.78 is 5.84. The number of carbonyl (C=O) groups is 1. The largest absolute Gasteiger partial charge is 0.493 e. The van der Waals surface area contributed by atoms with E-state index in [2.05, 4.69) is 0 Å². The molecule has 3 rings (SSSR count). The molecular weight excluding hydrogens is 304 g/mol. The first-order valence-electron chi connectivity index (χ1n) is 8.12. The van der Waals surface area contributed by atoms with Crippen molar-refractivity contribution < 1.29 is 19.7 Å². The van der Waals surface area contributed by atoms with Gasteiger partial charge >= 0.3 is 5.97 Å². The molecule has 4 nitrogen and oxygen atoms in total. The Bertz CT molecular complexity index is 737. The van der Waals surface area contributed by atoms with Gasteiger partial charge in [0.15, 0.2) is 0 Å². The van der Waals surface area contributed by atoms with Gasteiger partial charge in [0.05, 0.1) is 18.1 Å². The minimum Gasteiger partial charge on any atom is -0.493 e. The Morgan fingerprint density at radius 1 is 1.21 bits per heavy atom. The van der Waals surface area contributed by atoms with Gasteiger partial charge < -0.3 is 14.9 Å². The molecule has 1 aliphatic rings. The first-order valence-corrected chi connectivity index (χ1v) is 8.12. The summed E-state index contributed by atoms with van der Waals surface area (Å²) >= 11 is 0. The number of fused-ring (bicyclic) bond motifs is 1. The number of carboxylic acid groups (broad SMARTS) is 1. The standard InChI is InChI=1S/C20H22O4/c1-20(2,19(22)23)15-8-9-16-17(11-15)24-12-14(18(16)21)10-13-6-4-3-5-7-13/h3-9,11,14,18,21H,10,12H2,1-2H3,(H,22,23)/t14-,18+/m1/s1. The van der Waals surface area contributed by atoms with Gasteiger partial charge in [-0.3, -0.25) is 4.79 Å². The summed E-state index contributed by atoms with van der Waals surface area (Å²) in [5, 5.41) is 20.1. The molecule has 4 heteroatoms. The van der Waals surface area contributed by atoms with Crippen LogP contribution in [0.4, 0.5) is 0 Å². The summed E-state index contributed by atoms with van der Waals surface area (Å²) in [5.74, 6) is -0.322. The van der Waals surface area contributed by atoms with Gasteiger partial charge in [0.1, 0.15) is 5.75 Å². The number of ether oxygens (including phenoxy) is 1. The van der Waals surface area contributed by atoms with Crippen LogP contribution in [-0.4, -0.2) is 22.8 Å². The first-order chi connectivity index (χ1) is 11.4. The molecule has 0 amide bonds. The van der Waals surface area contributed by atoms with Gasteiger partial charge in [0.2, 0.25) is 0 Å². The highest BCUT2D eigenvalue weighted by Crippen LogP contribution is 2.39. The summed E-state index contributed by atoms with van der Waals surface area (Å²) in [6, 6.07) is 15.3. The van der Waals surface area contributed by atoms with E-state index in [1.54, 1.807) is 32.0 Å². The number of hydrogen-bond acceptors (Lipinski definition) is 3. The van der Waals surface area contributed by atoms with Crippen molar-refractivity contribution in [3.63, 3.8) is 0 Å². The zero-order valence-electron chi connectivity index (χ0n) is 13.9. The Kier molecular flexibility index (Phi) is 4.33. The maximum atomic E-state index is 11.4. The summed E-state index contributed by atoms with van der Waals surface area (Å²) in [4.78, 5) is 11.4. The van der Waals surface area contributed by atoms with Crippen molar-refractivity contribution in [3.8, 4) is 5.75 Å². The van der Waals surface area contributed by atoms with Crippen LogP contribution >= 0.6 is 0 Å². The van der Waals surface area contributed by atoms with Gasteiger partial charge in [0, 0.05) is 11.5 Å². The van der Waals surface area contributed by atoms with E-state index < -0.39 is 17.5 Å². The normalized spacial score (nSPS) is 20.1. The maximum Gasteiger partial charge on any atom is 0.313 e. The highest BCUT2D eigenvalue weighted by molar-refractivity contribution is 5.80. The average molecular weight is 326 g/mol. The SMILES string of the molecule is CC(C)(C(=O)O)c1ccc2c(c1)OC[C@@H](Cc1ccccc1)[C@@H]2O. The minimum atomic E-state index is -0.996. The van der Waals surface area contributed by atoms with Gasteiger partial charge in [-0.25, -0.2) is 0 Å². The van der Waals surface area contributed by atoms with Crippen molar-refractivity contribution >= 4 is 5.97 Å². The molecule has 0 unspecified atom stereocenters. The van der Waals surface area contributed by atoms with E-state index in [-0.39, 0.29) is 5.92 Å². The van der Waals surface area contributed by atoms with Crippen LogP contribution in [0.2, 0.25) is 0 Å². The van der Waals surface area contributed by atoms with Crippen molar-refractivity contribution in [2.75, 3.05) is 6.61 Å². The molecule has 2 N–H and O–H groups in total. The van der Waals surface area contributed by atoms with E-state index in [4.69, 9.17) is 4.74 Å². The second-order valence-electron chi connectivity index (χ2n) is 6.89. The summed E-state index contributed by atoms with van der Waals surface area (Å²) in [7, 11) is 0. The Balaban J connectivity index is 1.84. The fourth-order valence-electron chi connectivity index (χ4n) is 3.05. The number of benzene rings is 2. The molecule has 2 aromatic carbocycles. The van der Waals surface area contributed by atoms with Crippen LogP contribution in [0.1, 0.15) is 36.6 Å². The number of aliphatic hydroxyl groups excluding tert-OH is 1. The molecule has 1 heterocycles. The molecule has 0 aliphatic carbocycles. The molecular formula is C20H22O4. The third kappa shape index (κ3) is 3.02. The van der Waals surface area contributed by atoms with Gasteiger partial charge in [0.25, 0.3) is 0 Å². The van der Waals surface area contributed by atoms with Crippen molar-refractivity contribution in [1.82, 2.24) is 0 Å². The fraction of sp³-hybridized carbons (Fsp3) is 0.350. The number of aliphatic hydroxyl groups is 1. The van der Waals surface area contributed by atoms with Crippen molar-refractivity contribution in [2.45, 2.75) is 31.8 Å². The van der Waals surface area contributed by atoms with Crippen molar-refractivity contribution in [2.24, 2.45) is 5.92 Å². The molecule has 0 bridgehead atoms. The second-order valence-corrected chi connectivity index (χ2v) is 6.89. The highest BCUT2D eigenvalue weighted by atomic mass is 16.5. The highest BCUT2D eigenvalue weighted by Gasteiger charge is 2.34. The minimum absolute atomic E-state index is 0.0155. The van der Waals surface area contributed by atoms with Gasteiger partial charge in [-0.1, -0.05) is 42.5 Å². The van der Waals surface area contributed by atoms with E-state index in [9.17, 15) is 15.0 Å². The molecule has 0 saturated carbocycles. The predicted octanol–water partition coefficient (Wildman–Crippen LogP) is 3.33. The lowest BCUT2D eigenvalue weighted by atomic mass is 9.82. The zero-order chi connectivity index (χ0) is 17.3. The van der Waals surface area contributed by atoms with Crippen LogP contribution in [0.25, 0.3) is 0 Å². The molecule has 0 fully saturated rings. The molecule has 0 spiro atoms. The van der Waals surface area contributed by atoms with Crippen molar-refractivity contribution in [1.29, 1.82) is 0 Å². The summed E-state index contributed by atoms with van der Waals surface area (Å²) in [5.41, 5.74) is 1.57. The van der Waals surface area contributed by atoms with Crippen molar-refractivity contribution in [3.05, 3.63) is 65.2 Å². The Labute approximate surface area is 141 Å².